The summed E-state index contributed by atoms with van der Waals surface area (Å²) >= 11 is 0. The van der Waals surface area contributed by atoms with Crippen molar-refractivity contribution >= 4 is 5.91 Å². The van der Waals surface area contributed by atoms with Crippen molar-refractivity contribution in [1.29, 1.82) is 0 Å². The number of hydrogen-bond acceptors (Lipinski definition) is 2. The Hall–Kier alpha value is -0.830. The van der Waals surface area contributed by atoms with Gasteiger partial charge in [-0.1, -0.05) is 52.5 Å². The van der Waals surface area contributed by atoms with E-state index in [4.69, 9.17) is 0 Å². The molecule has 1 aliphatic heterocycles. The standard InChI is InChI=1S/C20H38N2O/c1-5-8-9-10-11-12-13-14-20(23)22-16-15-19(17-18(22)4)21(6-2)7-3/h13-14,18-19H,5-12,15-17H2,1-4H3/b14-13+. The van der Waals surface area contributed by atoms with Gasteiger partial charge < -0.3 is 9.80 Å². The molecule has 134 valence electrons. The minimum atomic E-state index is 0.212. The molecule has 23 heavy (non-hydrogen) atoms. The van der Waals surface area contributed by atoms with Gasteiger partial charge in [0.2, 0.25) is 5.91 Å². The molecule has 1 saturated heterocycles. The van der Waals surface area contributed by atoms with Crippen LogP contribution in [-0.4, -0.2) is 47.4 Å². The first-order valence-corrected chi connectivity index (χ1v) is 9.85. The van der Waals surface area contributed by atoms with Crippen LogP contribution in [0, 0.1) is 0 Å². The van der Waals surface area contributed by atoms with Crippen LogP contribution in [0.2, 0.25) is 0 Å². The number of amides is 1. The molecule has 1 heterocycles. The predicted molar refractivity (Wildman–Crippen MR) is 99.6 cm³/mol. The summed E-state index contributed by atoms with van der Waals surface area (Å²) in [6.45, 7) is 12.0. The Bertz CT molecular complexity index is 350. The van der Waals surface area contributed by atoms with Gasteiger partial charge in [-0.15, -0.1) is 0 Å². The molecular formula is C20H38N2O. The van der Waals surface area contributed by atoms with Crippen LogP contribution in [0.4, 0.5) is 0 Å². The maximum absolute atomic E-state index is 12.4. The molecule has 0 N–H and O–H groups in total. The van der Waals surface area contributed by atoms with Crippen molar-refractivity contribution in [1.82, 2.24) is 9.80 Å². The lowest BCUT2D eigenvalue weighted by atomic mass is 9.96. The third-order valence-corrected chi connectivity index (χ3v) is 5.20. The molecular weight excluding hydrogens is 284 g/mol. The Balaban J connectivity index is 2.32. The summed E-state index contributed by atoms with van der Waals surface area (Å²) in [5.41, 5.74) is 0. The second-order valence-corrected chi connectivity index (χ2v) is 6.89. The Morgan fingerprint density at radius 3 is 2.43 bits per heavy atom. The van der Waals surface area contributed by atoms with Crippen LogP contribution in [-0.2, 0) is 4.79 Å². The number of carbonyl (C=O) groups is 1. The molecule has 0 bridgehead atoms. The molecule has 0 aromatic carbocycles. The van der Waals surface area contributed by atoms with Crippen molar-refractivity contribution in [2.45, 2.75) is 91.1 Å². The molecule has 0 spiro atoms. The molecule has 0 aromatic rings. The predicted octanol–water partition coefficient (Wildman–Crippen LogP) is 4.62. The molecule has 0 aromatic heterocycles. The van der Waals surface area contributed by atoms with Gasteiger partial charge in [0.25, 0.3) is 0 Å². The van der Waals surface area contributed by atoms with E-state index in [0.29, 0.717) is 12.1 Å². The lowest BCUT2D eigenvalue weighted by Gasteiger charge is -2.41. The van der Waals surface area contributed by atoms with E-state index in [-0.39, 0.29) is 5.91 Å². The van der Waals surface area contributed by atoms with Gasteiger partial charge in [-0.2, -0.15) is 0 Å². The molecule has 2 atom stereocenters. The normalized spacial score (nSPS) is 22.2. The Morgan fingerprint density at radius 2 is 1.83 bits per heavy atom. The number of nitrogens with zero attached hydrogens (tertiary/aromatic N) is 2. The topological polar surface area (TPSA) is 23.6 Å². The average Bonchev–Trinajstić information content (AvgIpc) is 2.55. The number of hydrogen-bond donors (Lipinski definition) is 0. The van der Waals surface area contributed by atoms with Gasteiger partial charge in [0, 0.05) is 18.6 Å². The number of likely N-dealkylation sites (tertiary alicyclic amines) is 1. The maximum atomic E-state index is 12.4. The molecule has 0 aliphatic carbocycles. The van der Waals surface area contributed by atoms with E-state index in [9.17, 15) is 4.79 Å². The van der Waals surface area contributed by atoms with Crippen molar-refractivity contribution in [3.8, 4) is 0 Å². The van der Waals surface area contributed by atoms with Gasteiger partial charge in [0.1, 0.15) is 0 Å². The Morgan fingerprint density at radius 1 is 1.13 bits per heavy atom. The minimum absolute atomic E-state index is 0.212. The minimum Gasteiger partial charge on any atom is -0.336 e. The molecule has 1 amide bonds. The summed E-state index contributed by atoms with van der Waals surface area (Å²) in [5.74, 6) is 0.212. The highest BCUT2D eigenvalue weighted by Crippen LogP contribution is 2.22. The summed E-state index contributed by atoms with van der Waals surface area (Å²) < 4.78 is 0. The van der Waals surface area contributed by atoms with Crippen molar-refractivity contribution in [2.24, 2.45) is 0 Å². The van der Waals surface area contributed by atoms with Crippen LogP contribution in [0.25, 0.3) is 0 Å². The fourth-order valence-corrected chi connectivity index (χ4v) is 3.69. The number of carbonyl (C=O) groups excluding carboxylic acids is 1. The number of rotatable bonds is 10. The molecule has 1 fully saturated rings. The summed E-state index contributed by atoms with van der Waals surface area (Å²) in [6.07, 6.45) is 13.6. The Kier molecular flexibility index (Phi) is 10.3. The number of allylic oxidation sites excluding steroid dienone is 1. The number of piperidine rings is 1. The third-order valence-electron chi connectivity index (χ3n) is 5.20. The molecule has 3 heteroatoms. The molecule has 1 rings (SSSR count). The van der Waals surface area contributed by atoms with Crippen LogP contribution in [0.15, 0.2) is 12.2 Å². The molecule has 3 nitrogen and oxygen atoms in total. The second kappa shape index (κ2) is 11.7. The fourth-order valence-electron chi connectivity index (χ4n) is 3.69. The Labute approximate surface area is 144 Å². The van der Waals surface area contributed by atoms with Gasteiger partial charge in [0.05, 0.1) is 0 Å². The highest BCUT2D eigenvalue weighted by molar-refractivity contribution is 5.87. The average molecular weight is 323 g/mol. The molecule has 0 saturated carbocycles. The molecule has 1 aliphatic rings. The second-order valence-electron chi connectivity index (χ2n) is 6.89. The van der Waals surface area contributed by atoms with E-state index in [1.807, 2.05) is 6.08 Å². The van der Waals surface area contributed by atoms with E-state index in [1.54, 1.807) is 0 Å². The van der Waals surface area contributed by atoms with Gasteiger partial charge in [-0.3, -0.25) is 4.79 Å². The van der Waals surface area contributed by atoms with E-state index >= 15 is 0 Å². The van der Waals surface area contributed by atoms with Crippen molar-refractivity contribution in [2.75, 3.05) is 19.6 Å². The van der Waals surface area contributed by atoms with Crippen LogP contribution in [0.5, 0.6) is 0 Å². The first-order valence-electron chi connectivity index (χ1n) is 9.85. The van der Waals surface area contributed by atoms with Gasteiger partial charge >= 0.3 is 0 Å². The van der Waals surface area contributed by atoms with Crippen LogP contribution < -0.4 is 0 Å². The summed E-state index contributed by atoms with van der Waals surface area (Å²) in [6, 6.07) is 1.00. The zero-order chi connectivity index (χ0) is 17.1. The van der Waals surface area contributed by atoms with Crippen LogP contribution in [0.1, 0.15) is 79.1 Å². The van der Waals surface area contributed by atoms with Crippen molar-refractivity contribution in [3.05, 3.63) is 12.2 Å². The zero-order valence-corrected chi connectivity index (χ0v) is 15.9. The van der Waals surface area contributed by atoms with Gasteiger partial charge in [-0.05, 0) is 51.8 Å². The first kappa shape index (κ1) is 20.2. The zero-order valence-electron chi connectivity index (χ0n) is 15.9. The molecule has 0 radical (unpaired) electrons. The first-order chi connectivity index (χ1) is 11.1. The highest BCUT2D eigenvalue weighted by Gasteiger charge is 2.29. The van der Waals surface area contributed by atoms with E-state index < -0.39 is 0 Å². The summed E-state index contributed by atoms with van der Waals surface area (Å²) in [5, 5.41) is 0. The number of unbranched alkanes of at least 4 members (excludes halogenated alkanes) is 5. The van der Waals surface area contributed by atoms with Gasteiger partial charge in [0.15, 0.2) is 0 Å². The van der Waals surface area contributed by atoms with Crippen molar-refractivity contribution in [3.63, 3.8) is 0 Å². The quantitative estimate of drug-likeness (QED) is 0.432. The lowest BCUT2D eigenvalue weighted by Crippen LogP contribution is -2.50. The summed E-state index contributed by atoms with van der Waals surface area (Å²) in [4.78, 5) is 17.0. The molecule has 2 unspecified atom stereocenters. The fraction of sp³-hybridized carbons (Fsp3) is 0.850. The maximum Gasteiger partial charge on any atom is 0.246 e. The SMILES string of the molecule is CCCCCCC/C=C/C(=O)N1CCC(N(CC)CC)CC1C. The van der Waals surface area contributed by atoms with Crippen LogP contribution in [0.3, 0.4) is 0 Å². The highest BCUT2D eigenvalue weighted by atomic mass is 16.2. The van der Waals surface area contributed by atoms with E-state index in [0.717, 1.165) is 38.9 Å². The van der Waals surface area contributed by atoms with E-state index in [2.05, 4.69) is 43.6 Å². The van der Waals surface area contributed by atoms with Crippen LogP contribution >= 0.6 is 0 Å². The van der Waals surface area contributed by atoms with E-state index in [1.165, 1.54) is 32.1 Å². The smallest absolute Gasteiger partial charge is 0.246 e. The van der Waals surface area contributed by atoms with Crippen molar-refractivity contribution < 1.29 is 4.79 Å². The summed E-state index contributed by atoms with van der Waals surface area (Å²) in [7, 11) is 0. The van der Waals surface area contributed by atoms with Gasteiger partial charge in [-0.25, -0.2) is 0 Å². The monoisotopic (exact) mass is 322 g/mol. The third kappa shape index (κ3) is 7.07. The largest absolute Gasteiger partial charge is 0.336 e. The lowest BCUT2D eigenvalue weighted by molar-refractivity contribution is -0.130.